The molecular formula is C8H12Cl2N4O. The van der Waals surface area contributed by atoms with Gasteiger partial charge in [0, 0.05) is 13.7 Å². The molecule has 0 unspecified atom stereocenters. The first kappa shape index (κ1) is 12.4. The standard InChI is InChI=1S/C8H12Cl2N4O/c1-8(2,15-3)4-11-7-13-5(9)12-6(10)14-7/h4H2,1-3H3,(H,11,12,13,14). The van der Waals surface area contributed by atoms with Crippen LogP contribution in [0.3, 0.4) is 0 Å². The van der Waals surface area contributed by atoms with Gasteiger partial charge in [0.1, 0.15) is 0 Å². The summed E-state index contributed by atoms with van der Waals surface area (Å²) in [7, 11) is 1.63. The molecule has 0 aliphatic carbocycles. The minimum atomic E-state index is -0.314. The molecule has 0 radical (unpaired) electrons. The molecule has 1 N–H and O–H groups in total. The van der Waals surface area contributed by atoms with E-state index in [2.05, 4.69) is 20.3 Å². The fourth-order valence-electron chi connectivity index (χ4n) is 0.769. The van der Waals surface area contributed by atoms with Gasteiger partial charge in [-0.15, -0.1) is 0 Å². The van der Waals surface area contributed by atoms with Crippen LogP contribution in [0.25, 0.3) is 0 Å². The van der Waals surface area contributed by atoms with E-state index in [1.54, 1.807) is 7.11 Å². The highest BCUT2D eigenvalue weighted by Gasteiger charge is 2.16. The van der Waals surface area contributed by atoms with Crippen molar-refractivity contribution >= 4 is 29.2 Å². The molecule has 7 heteroatoms. The average Bonchev–Trinajstić information content (AvgIpc) is 2.14. The Bertz CT molecular complexity index is 325. The van der Waals surface area contributed by atoms with Crippen LogP contribution < -0.4 is 5.32 Å². The number of hydrogen-bond donors (Lipinski definition) is 1. The Morgan fingerprint density at radius 3 is 2.20 bits per heavy atom. The number of nitrogens with one attached hydrogen (secondary N) is 1. The van der Waals surface area contributed by atoms with Gasteiger partial charge in [-0.05, 0) is 37.0 Å². The van der Waals surface area contributed by atoms with Crippen LogP contribution >= 0.6 is 23.2 Å². The number of ether oxygens (including phenoxy) is 1. The van der Waals surface area contributed by atoms with Crippen LogP contribution in [0.1, 0.15) is 13.8 Å². The van der Waals surface area contributed by atoms with Crippen molar-refractivity contribution in [2.45, 2.75) is 19.4 Å². The number of aromatic nitrogens is 3. The molecule has 0 spiro atoms. The average molecular weight is 251 g/mol. The molecule has 0 atom stereocenters. The molecule has 0 bridgehead atoms. The first-order valence-corrected chi connectivity index (χ1v) is 5.05. The zero-order valence-corrected chi connectivity index (χ0v) is 10.2. The van der Waals surface area contributed by atoms with E-state index in [1.165, 1.54) is 0 Å². The van der Waals surface area contributed by atoms with Gasteiger partial charge in [0.05, 0.1) is 5.60 Å². The van der Waals surface area contributed by atoms with Gasteiger partial charge in [0.25, 0.3) is 0 Å². The molecule has 1 aromatic rings. The van der Waals surface area contributed by atoms with Gasteiger partial charge in [-0.3, -0.25) is 0 Å². The summed E-state index contributed by atoms with van der Waals surface area (Å²) < 4.78 is 5.22. The largest absolute Gasteiger partial charge is 0.377 e. The maximum absolute atomic E-state index is 5.62. The minimum Gasteiger partial charge on any atom is -0.377 e. The molecule has 0 saturated heterocycles. The Morgan fingerprint density at radius 1 is 1.20 bits per heavy atom. The lowest BCUT2D eigenvalue weighted by atomic mass is 10.1. The van der Waals surface area contributed by atoms with Crippen LogP contribution in [0.5, 0.6) is 0 Å². The molecule has 1 heterocycles. The smallest absolute Gasteiger partial charge is 0.228 e. The molecule has 0 aliphatic rings. The second kappa shape index (κ2) is 4.92. The molecule has 0 saturated carbocycles. The van der Waals surface area contributed by atoms with Crippen molar-refractivity contribution in [2.24, 2.45) is 0 Å². The maximum Gasteiger partial charge on any atom is 0.228 e. The molecule has 1 aromatic heterocycles. The van der Waals surface area contributed by atoms with Crippen LogP contribution in [0.2, 0.25) is 10.6 Å². The number of anilines is 1. The summed E-state index contributed by atoms with van der Waals surface area (Å²) in [5.41, 5.74) is -0.314. The number of rotatable bonds is 4. The highest BCUT2D eigenvalue weighted by Crippen LogP contribution is 2.12. The van der Waals surface area contributed by atoms with Crippen LogP contribution in [0.4, 0.5) is 5.95 Å². The van der Waals surface area contributed by atoms with Gasteiger partial charge in [-0.1, -0.05) is 0 Å². The van der Waals surface area contributed by atoms with E-state index in [4.69, 9.17) is 27.9 Å². The van der Waals surface area contributed by atoms with E-state index in [9.17, 15) is 0 Å². The van der Waals surface area contributed by atoms with Crippen molar-refractivity contribution < 1.29 is 4.74 Å². The molecule has 0 aromatic carbocycles. The Labute approximate surface area is 98.2 Å². The quantitative estimate of drug-likeness (QED) is 0.886. The zero-order chi connectivity index (χ0) is 11.5. The number of methoxy groups -OCH3 is 1. The van der Waals surface area contributed by atoms with Crippen molar-refractivity contribution in [1.82, 2.24) is 15.0 Å². The Morgan fingerprint density at radius 2 is 1.73 bits per heavy atom. The van der Waals surface area contributed by atoms with Crippen LogP contribution in [-0.2, 0) is 4.74 Å². The monoisotopic (exact) mass is 250 g/mol. The highest BCUT2D eigenvalue weighted by atomic mass is 35.5. The highest BCUT2D eigenvalue weighted by molar-refractivity contribution is 6.31. The van der Waals surface area contributed by atoms with Gasteiger partial charge < -0.3 is 10.1 Å². The molecule has 1 rings (SSSR count). The molecule has 5 nitrogen and oxygen atoms in total. The summed E-state index contributed by atoms with van der Waals surface area (Å²) in [5.74, 6) is 0.338. The third-order valence-corrected chi connectivity index (χ3v) is 2.14. The van der Waals surface area contributed by atoms with Gasteiger partial charge in [0.2, 0.25) is 16.5 Å². The van der Waals surface area contributed by atoms with Crippen LogP contribution in [0.15, 0.2) is 0 Å². The van der Waals surface area contributed by atoms with Crippen molar-refractivity contribution in [3.63, 3.8) is 0 Å². The van der Waals surface area contributed by atoms with E-state index in [-0.39, 0.29) is 16.2 Å². The molecule has 0 fully saturated rings. The topological polar surface area (TPSA) is 59.9 Å². The Balaban J connectivity index is 2.65. The second-order valence-electron chi connectivity index (χ2n) is 3.51. The predicted octanol–water partition coefficient (Wildman–Crippen LogP) is 2.02. The third-order valence-electron chi connectivity index (χ3n) is 1.81. The number of nitrogens with zero attached hydrogens (tertiary/aromatic N) is 3. The summed E-state index contributed by atoms with van der Waals surface area (Å²) in [5, 5.41) is 3.09. The molecule has 15 heavy (non-hydrogen) atoms. The van der Waals surface area contributed by atoms with Crippen LogP contribution in [0, 0.1) is 0 Å². The zero-order valence-electron chi connectivity index (χ0n) is 8.71. The molecule has 0 aliphatic heterocycles. The normalized spacial score (nSPS) is 11.5. The lowest BCUT2D eigenvalue weighted by Gasteiger charge is -2.22. The number of hydrogen-bond acceptors (Lipinski definition) is 5. The third kappa shape index (κ3) is 4.15. The fraction of sp³-hybridized carbons (Fsp3) is 0.625. The lowest BCUT2D eigenvalue weighted by Crippen LogP contribution is -2.32. The second-order valence-corrected chi connectivity index (χ2v) is 4.19. The van der Waals surface area contributed by atoms with Gasteiger partial charge in [-0.25, -0.2) is 0 Å². The number of halogens is 2. The lowest BCUT2D eigenvalue weighted by molar-refractivity contribution is 0.0342. The van der Waals surface area contributed by atoms with Crippen LogP contribution in [-0.4, -0.2) is 34.2 Å². The van der Waals surface area contributed by atoms with E-state index in [0.29, 0.717) is 12.5 Å². The summed E-state index contributed by atoms with van der Waals surface area (Å²) >= 11 is 11.2. The maximum atomic E-state index is 5.62. The van der Waals surface area contributed by atoms with E-state index >= 15 is 0 Å². The summed E-state index contributed by atoms with van der Waals surface area (Å²) in [4.78, 5) is 11.4. The first-order chi connectivity index (χ1) is 6.93. The molecule has 0 amide bonds. The van der Waals surface area contributed by atoms with Crippen molar-refractivity contribution in [3.8, 4) is 0 Å². The SMILES string of the molecule is COC(C)(C)CNc1nc(Cl)nc(Cl)n1. The van der Waals surface area contributed by atoms with E-state index in [1.807, 2.05) is 13.8 Å². The molecule has 84 valence electrons. The fourth-order valence-corrected chi connectivity index (χ4v) is 1.13. The summed E-state index contributed by atoms with van der Waals surface area (Å²) in [6, 6.07) is 0. The van der Waals surface area contributed by atoms with Crippen molar-refractivity contribution in [2.75, 3.05) is 19.0 Å². The van der Waals surface area contributed by atoms with Crippen molar-refractivity contribution in [3.05, 3.63) is 10.6 Å². The summed E-state index contributed by atoms with van der Waals surface area (Å²) in [6.45, 7) is 4.41. The van der Waals surface area contributed by atoms with Gasteiger partial charge >= 0.3 is 0 Å². The van der Waals surface area contributed by atoms with E-state index < -0.39 is 0 Å². The first-order valence-electron chi connectivity index (χ1n) is 4.29. The van der Waals surface area contributed by atoms with Gasteiger partial charge in [-0.2, -0.15) is 15.0 Å². The Hall–Kier alpha value is -0.650. The minimum absolute atomic E-state index is 0.0627. The predicted molar refractivity (Wildman–Crippen MR) is 59.4 cm³/mol. The molecular weight excluding hydrogens is 239 g/mol. The summed E-state index contributed by atoms with van der Waals surface area (Å²) in [6.07, 6.45) is 0. The van der Waals surface area contributed by atoms with Crippen molar-refractivity contribution in [1.29, 1.82) is 0 Å². The Kier molecular flexibility index (Phi) is 4.07. The van der Waals surface area contributed by atoms with E-state index in [0.717, 1.165) is 0 Å². The van der Waals surface area contributed by atoms with Gasteiger partial charge in [0.15, 0.2) is 0 Å².